The number of sulfonamides is 1. The molecule has 0 saturated carbocycles. The minimum atomic E-state index is -3.75. The molecule has 3 heterocycles. The summed E-state index contributed by atoms with van der Waals surface area (Å²) in [5.74, 6) is -0.625. The van der Waals surface area contributed by atoms with E-state index < -0.39 is 16.1 Å². The molecule has 4 rings (SSSR count). The lowest BCUT2D eigenvalue weighted by Gasteiger charge is -2.27. The van der Waals surface area contributed by atoms with Gasteiger partial charge in [-0.25, -0.2) is 13.4 Å². The summed E-state index contributed by atoms with van der Waals surface area (Å²) >= 11 is 1.31. The van der Waals surface area contributed by atoms with Crippen LogP contribution in [0.3, 0.4) is 0 Å². The van der Waals surface area contributed by atoms with E-state index in [9.17, 15) is 18.0 Å². The van der Waals surface area contributed by atoms with Crippen molar-refractivity contribution in [2.24, 2.45) is 0 Å². The lowest BCUT2D eigenvalue weighted by Crippen LogP contribution is -2.43. The number of rotatable bonds is 6. The van der Waals surface area contributed by atoms with E-state index in [4.69, 9.17) is 4.74 Å². The fraction of sp³-hybridized carbons (Fsp3) is 0.476. The van der Waals surface area contributed by atoms with Crippen LogP contribution in [0.4, 0.5) is 5.13 Å². The lowest BCUT2D eigenvalue weighted by atomic mass is 10.1. The molecule has 2 amide bonds. The van der Waals surface area contributed by atoms with Crippen molar-refractivity contribution in [2.45, 2.75) is 37.1 Å². The SMILES string of the molecule is CCc1ccc(C(=O)N2CCCC2C(=O)Nc2nccs2)cc1S(=O)(=O)N1CCOCC1. The maximum atomic E-state index is 13.3. The number of hydrogen-bond donors (Lipinski definition) is 1. The summed E-state index contributed by atoms with van der Waals surface area (Å²) < 4.78 is 33.3. The zero-order chi connectivity index (χ0) is 22.7. The molecule has 1 N–H and O–H groups in total. The van der Waals surface area contributed by atoms with Crippen LogP contribution in [0.1, 0.15) is 35.7 Å². The lowest BCUT2D eigenvalue weighted by molar-refractivity contribution is -0.119. The van der Waals surface area contributed by atoms with Crippen molar-refractivity contribution in [1.82, 2.24) is 14.2 Å². The first-order valence-electron chi connectivity index (χ1n) is 10.6. The van der Waals surface area contributed by atoms with Crippen LogP contribution >= 0.6 is 11.3 Å². The van der Waals surface area contributed by atoms with E-state index in [1.807, 2.05) is 6.92 Å². The Morgan fingerprint density at radius 2 is 2.03 bits per heavy atom. The number of carbonyl (C=O) groups is 2. The number of ether oxygens (including phenoxy) is 1. The summed E-state index contributed by atoms with van der Waals surface area (Å²) in [4.78, 5) is 31.8. The topological polar surface area (TPSA) is 109 Å². The highest BCUT2D eigenvalue weighted by molar-refractivity contribution is 7.89. The van der Waals surface area contributed by atoms with Crippen molar-refractivity contribution in [3.63, 3.8) is 0 Å². The van der Waals surface area contributed by atoms with Crippen molar-refractivity contribution in [1.29, 1.82) is 0 Å². The number of nitrogens with one attached hydrogen (secondary N) is 1. The number of aromatic nitrogens is 1. The number of likely N-dealkylation sites (tertiary alicyclic amines) is 1. The van der Waals surface area contributed by atoms with Gasteiger partial charge in [0.25, 0.3) is 5.91 Å². The predicted molar refractivity (Wildman–Crippen MR) is 120 cm³/mol. The van der Waals surface area contributed by atoms with Gasteiger partial charge >= 0.3 is 0 Å². The van der Waals surface area contributed by atoms with E-state index >= 15 is 0 Å². The molecule has 2 fully saturated rings. The summed E-state index contributed by atoms with van der Waals surface area (Å²) in [5, 5.41) is 5.01. The second-order valence-electron chi connectivity index (χ2n) is 7.68. The van der Waals surface area contributed by atoms with E-state index in [0.717, 1.165) is 0 Å². The second kappa shape index (κ2) is 9.65. The fourth-order valence-corrected chi connectivity index (χ4v) is 6.33. The zero-order valence-electron chi connectivity index (χ0n) is 17.8. The molecule has 0 radical (unpaired) electrons. The van der Waals surface area contributed by atoms with Crippen molar-refractivity contribution in [3.05, 3.63) is 40.9 Å². The molecule has 0 aliphatic carbocycles. The highest BCUT2D eigenvalue weighted by Gasteiger charge is 2.36. The first kappa shape index (κ1) is 22.8. The van der Waals surface area contributed by atoms with Crippen molar-refractivity contribution < 1.29 is 22.7 Å². The maximum absolute atomic E-state index is 13.3. The summed E-state index contributed by atoms with van der Waals surface area (Å²) in [6, 6.07) is 4.19. The second-order valence-corrected chi connectivity index (χ2v) is 10.5. The van der Waals surface area contributed by atoms with Crippen LogP contribution in [0.5, 0.6) is 0 Å². The molecular formula is C21H26N4O5S2. The Kier molecular flexibility index (Phi) is 6.89. The molecule has 1 atom stereocenters. The van der Waals surface area contributed by atoms with Gasteiger partial charge in [-0.3, -0.25) is 9.59 Å². The number of morpholine rings is 1. The van der Waals surface area contributed by atoms with Gasteiger partial charge in [0.2, 0.25) is 15.9 Å². The van der Waals surface area contributed by atoms with Crippen molar-refractivity contribution in [2.75, 3.05) is 38.2 Å². The molecule has 2 aliphatic heterocycles. The van der Waals surface area contributed by atoms with Crippen molar-refractivity contribution in [3.8, 4) is 0 Å². The zero-order valence-corrected chi connectivity index (χ0v) is 19.5. The molecular weight excluding hydrogens is 452 g/mol. The van der Waals surface area contributed by atoms with Gasteiger partial charge in [0.05, 0.1) is 18.1 Å². The molecule has 1 aromatic heterocycles. The number of aryl methyl sites for hydroxylation is 1. The van der Waals surface area contributed by atoms with Gasteiger partial charge in [-0.15, -0.1) is 11.3 Å². The van der Waals surface area contributed by atoms with Crippen LogP contribution in [0, 0.1) is 0 Å². The fourth-order valence-electron chi connectivity index (χ4n) is 4.07. The quantitative estimate of drug-likeness (QED) is 0.680. The number of nitrogens with zero attached hydrogens (tertiary/aromatic N) is 3. The van der Waals surface area contributed by atoms with Gasteiger partial charge in [0, 0.05) is 36.8 Å². The molecule has 172 valence electrons. The number of thiazole rings is 1. The number of benzene rings is 1. The largest absolute Gasteiger partial charge is 0.379 e. The van der Waals surface area contributed by atoms with Gasteiger partial charge < -0.3 is 15.0 Å². The molecule has 11 heteroatoms. The first-order valence-corrected chi connectivity index (χ1v) is 13.0. The van der Waals surface area contributed by atoms with Gasteiger partial charge in [-0.2, -0.15) is 4.31 Å². The highest BCUT2D eigenvalue weighted by Crippen LogP contribution is 2.27. The number of amides is 2. The number of carbonyl (C=O) groups excluding carboxylic acids is 2. The molecule has 9 nitrogen and oxygen atoms in total. The third-order valence-electron chi connectivity index (χ3n) is 5.76. The molecule has 2 saturated heterocycles. The third-order valence-corrected chi connectivity index (χ3v) is 8.43. The third kappa shape index (κ3) is 4.56. The minimum Gasteiger partial charge on any atom is -0.379 e. The molecule has 2 aliphatic rings. The molecule has 1 aromatic carbocycles. The van der Waals surface area contributed by atoms with Gasteiger partial charge in [0.1, 0.15) is 6.04 Å². The van der Waals surface area contributed by atoms with Crippen LogP contribution < -0.4 is 5.32 Å². The molecule has 1 unspecified atom stereocenters. The summed E-state index contributed by atoms with van der Waals surface area (Å²) in [6.45, 7) is 3.60. The smallest absolute Gasteiger partial charge is 0.254 e. The molecule has 32 heavy (non-hydrogen) atoms. The molecule has 2 aromatic rings. The minimum absolute atomic E-state index is 0.149. The van der Waals surface area contributed by atoms with Gasteiger partial charge in [0.15, 0.2) is 5.13 Å². The highest BCUT2D eigenvalue weighted by atomic mass is 32.2. The first-order chi connectivity index (χ1) is 15.4. The standard InChI is InChI=1S/C21H26N4O5S2/c1-2-15-5-6-16(14-18(15)32(28,29)24-9-11-30-12-10-24)20(27)25-8-3-4-17(25)19(26)23-21-22-7-13-31-21/h5-7,13-14,17H,2-4,8-12H2,1H3,(H,22,23,26). The van der Waals surface area contributed by atoms with E-state index in [1.165, 1.54) is 26.6 Å². The van der Waals surface area contributed by atoms with Gasteiger partial charge in [-0.05, 0) is 37.0 Å². The monoisotopic (exact) mass is 478 g/mol. The van der Waals surface area contributed by atoms with Crippen LogP contribution in [0.15, 0.2) is 34.7 Å². The van der Waals surface area contributed by atoms with E-state index in [1.54, 1.807) is 23.7 Å². The van der Waals surface area contributed by atoms with Crippen molar-refractivity contribution >= 4 is 38.3 Å². The van der Waals surface area contributed by atoms with E-state index in [0.29, 0.717) is 49.7 Å². The Morgan fingerprint density at radius 3 is 2.72 bits per heavy atom. The Bertz CT molecular complexity index is 1080. The normalized spacial score (nSPS) is 19.8. The van der Waals surface area contributed by atoms with Gasteiger partial charge in [-0.1, -0.05) is 13.0 Å². The van der Waals surface area contributed by atoms with E-state index in [2.05, 4.69) is 10.3 Å². The Hall–Kier alpha value is -2.34. The Morgan fingerprint density at radius 1 is 1.25 bits per heavy atom. The average Bonchev–Trinajstić information content (AvgIpc) is 3.51. The number of anilines is 1. The predicted octanol–water partition coefficient (Wildman–Crippen LogP) is 1.97. The number of hydrogen-bond acceptors (Lipinski definition) is 7. The summed E-state index contributed by atoms with van der Waals surface area (Å²) in [5.41, 5.74) is 0.926. The maximum Gasteiger partial charge on any atom is 0.254 e. The molecule has 0 spiro atoms. The van der Waals surface area contributed by atoms with Crippen LogP contribution in [-0.4, -0.2) is 73.3 Å². The average molecular weight is 479 g/mol. The van der Waals surface area contributed by atoms with Crippen LogP contribution in [0.25, 0.3) is 0 Å². The summed E-state index contributed by atoms with van der Waals surface area (Å²) in [6.07, 6.45) is 3.38. The molecule has 0 bridgehead atoms. The van der Waals surface area contributed by atoms with E-state index in [-0.39, 0.29) is 35.4 Å². The van der Waals surface area contributed by atoms with Crippen LogP contribution in [0.2, 0.25) is 0 Å². The Labute approximate surface area is 191 Å². The summed E-state index contributed by atoms with van der Waals surface area (Å²) in [7, 11) is -3.75. The Balaban J connectivity index is 1.59. The van der Waals surface area contributed by atoms with Crippen LogP contribution in [-0.2, 0) is 26.0 Å².